The van der Waals surface area contributed by atoms with Gasteiger partial charge in [-0.2, -0.15) is 16.5 Å². The minimum absolute atomic E-state index is 0.0377. The summed E-state index contributed by atoms with van der Waals surface area (Å²) in [6, 6.07) is 19.3. The zero-order valence-electron chi connectivity index (χ0n) is 17.4. The normalized spacial score (nSPS) is 22.2. The van der Waals surface area contributed by atoms with Gasteiger partial charge in [0, 0.05) is 26.8 Å². The Morgan fingerprint density at radius 2 is 1.79 bits per heavy atom. The number of thiophene rings is 1. The number of hydrogen-bond acceptors (Lipinski definition) is 6. The third kappa shape index (κ3) is 4.58. The fourth-order valence-corrected chi connectivity index (χ4v) is 8.05. The van der Waals surface area contributed by atoms with Gasteiger partial charge in [0.15, 0.2) is 0 Å². The second-order valence-electron chi connectivity index (χ2n) is 7.84. The number of sulfonamides is 1. The number of aliphatic hydroxyl groups is 1. The fraction of sp³-hybridized carbons (Fsp3) is 0.261. The topological polar surface area (TPSA) is 104 Å². The average molecular weight is 524 g/mol. The lowest BCUT2D eigenvalue weighted by atomic mass is 9.92. The Morgan fingerprint density at radius 3 is 2.42 bits per heavy atom. The number of carboxylic acids is 1. The quantitative estimate of drug-likeness (QED) is 0.343. The van der Waals surface area contributed by atoms with Crippen LogP contribution in [0.5, 0.6) is 0 Å². The summed E-state index contributed by atoms with van der Waals surface area (Å²) in [6.45, 7) is -0.0377. The summed E-state index contributed by atoms with van der Waals surface area (Å²) in [6.07, 6.45) is 0.131. The highest BCUT2D eigenvalue weighted by Crippen LogP contribution is 2.60. The molecular weight excluding hydrogens is 502 g/mol. The molecule has 33 heavy (non-hydrogen) atoms. The maximum atomic E-state index is 13.3. The minimum Gasteiger partial charge on any atom is -0.480 e. The molecule has 10 heteroatoms. The second kappa shape index (κ2) is 9.40. The van der Waals surface area contributed by atoms with Crippen molar-refractivity contribution in [3.63, 3.8) is 0 Å². The molecule has 174 valence electrons. The molecule has 6 nitrogen and oxygen atoms in total. The molecule has 4 rings (SSSR count). The van der Waals surface area contributed by atoms with E-state index in [-0.39, 0.29) is 17.2 Å². The van der Waals surface area contributed by atoms with E-state index in [2.05, 4.69) is 4.72 Å². The molecule has 2 aromatic carbocycles. The van der Waals surface area contributed by atoms with E-state index < -0.39 is 26.9 Å². The first-order valence-corrected chi connectivity index (χ1v) is 13.9. The van der Waals surface area contributed by atoms with Gasteiger partial charge in [-0.3, -0.25) is 4.79 Å². The number of hydrogen-bond donors (Lipinski definition) is 3. The van der Waals surface area contributed by atoms with Crippen LogP contribution in [0.2, 0.25) is 5.02 Å². The Morgan fingerprint density at radius 1 is 1.09 bits per heavy atom. The third-order valence-corrected chi connectivity index (χ3v) is 10.4. The summed E-state index contributed by atoms with van der Waals surface area (Å²) in [7, 11) is -4.10. The van der Waals surface area contributed by atoms with E-state index in [1.54, 1.807) is 30.3 Å². The molecule has 0 bridgehead atoms. The summed E-state index contributed by atoms with van der Waals surface area (Å²) in [5, 5.41) is 19.9. The fourth-order valence-electron chi connectivity index (χ4n) is 4.05. The van der Waals surface area contributed by atoms with Crippen LogP contribution in [0.3, 0.4) is 0 Å². The number of benzene rings is 2. The standard InChI is InChI=1S/C23H22ClNO5S3/c24-18-8-6-16(7-9-18)19-10-11-20(32-19)33(29,30)25-23(21(27)28)14-22(23,15-31-13-12-26)17-4-2-1-3-5-17/h1-11,25-26H,12-15H2,(H,27,28)/t22-,23+/m1/s1. The molecule has 3 N–H and O–H groups in total. The number of carboxylic acid groups (broad SMARTS) is 1. The van der Waals surface area contributed by atoms with Gasteiger partial charge in [0.25, 0.3) is 10.0 Å². The highest BCUT2D eigenvalue weighted by Gasteiger charge is 2.74. The van der Waals surface area contributed by atoms with E-state index in [1.165, 1.54) is 17.8 Å². The largest absolute Gasteiger partial charge is 0.480 e. The zero-order valence-corrected chi connectivity index (χ0v) is 20.6. The Labute approximate surface area is 205 Å². The van der Waals surface area contributed by atoms with Gasteiger partial charge >= 0.3 is 5.97 Å². The van der Waals surface area contributed by atoms with Crippen molar-refractivity contribution in [3.8, 4) is 10.4 Å². The molecule has 1 aliphatic carbocycles. The van der Waals surface area contributed by atoms with Crippen LogP contribution >= 0.6 is 34.7 Å². The van der Waals surface area contributed by atoms with Crippen LogP contribution in [0.1, 0.15) is 12.0 Å². The molecule has 0 amide bonds. The zero-order chi connectivity index (χ0) is 23.7. The number of aliphatic hydroxyl groups excluding tert-OH is 1. The number of nitrogens with one attached hydrogen (secondary N) is 1. The number of carbonyl (C=O) groups is 1. The van der Waals surface area contributed by atoms with Gasteiger partial charge in [0.2, 0.25) is 0 Å². The molecular formula is C23H22ClNO5S3. The summed E-state index contributed by atoms with van der Waals surface area (Å²) in [5.74, 6) is -0.409. The van der Waals surface area contributed by atoms with E-state index in [9.17, 15) is 23.4 Å². The van der Waals surface area contributed by atoms with Crippen molar-refractivity contribution < 1.29 is 23.4 Å². The summed E-state index contributed by atoms with van der Waals surface area (Å²) in [4.78, 5) is 13.2. The Hall–Kier alpha value is -1.88. The van der Waals surface area contributed by atoms with Gasteiger partial charge in [0.1, 0.15) is 9.75 Å². The molecule has 0 unspecified atom stereocenters. The molecule has 1 aliphatic rings. The van der Waals surface area contributed by atoms with E-state index in [1.807, 2.05) is 30.3 Å². The SMILES string of the molecule is O=C(O)[C@@]1(NS(=O)(=O)c2ccc(-c3ccc(Cl)cc3)s2)C[C@@]1(CSCCO)c1ccccc1. The van der Waals surface area contributed by atoms with Crippen LogP contribution in [0.4, 0.5) is 0 Å². The van der Waals surface area contributed by atoms with E-state index in [0.717, 1.165) is 27.3 Å². The van der Waals surface area contributed by atoms with Gasteiger partial charge in [-0.25, -0.2) is 8.42 Å². The van der Waals surface area contributed by atoms with Gasteiger partial charge in [0.05, 0.1) is 6.61 Å². The summed E-state index contributed by atoms with van der Waals surface area (Å²) < 4.78 is 29.2. The monoisotopic (exact) mass is 523 g/mol. The molecule has 3 aromatic rings. The van der Waals surface area contributed by atoms with Crippen molar-refractivity contribution in [1.29, 1.82) is 0 Å². The van der Waals surface area contributed by atoms with Gasteiger partial charge < -0.3 is 10.2 Å². The van der Waals surface area contributed by atoms with Crippen LogP contribution in [0, 0.1) is 0 Å². The molecule has 1 heterocycles. The number of aliphatic carboxylic acids is 1. The molecule has 0 spiro atoms. The van der Waals surface area contributed by atoms with Gasteiger partial charge in [-0.05, 0) is 41.8 Å². The molecule has 1 aromatic heterocycles. The van der Waals surface area contributed by atoms with Crippen LogP contribution in [-0.2, 0) is 20.2 Å². The van der Waals surface area contributed by atoms with Crippen LogP contribution in [0.25, 0.3) is 10.4 Å². The average Bonchev–Trinajstić information content (AvgIpc) is 3.17. The highest BCUT2D eigenvalue weighted by molar-refractivity contribution is 7.99. The first-order chi connectivity index (χ1) is 15.7. The molecule has 1 fully saturated rings. The van der Waals surface area contributed by atoms with Gasteiger partial charge in [-0.15, -0.1) is 11.3 Å². The summed E-state index contributed by atoms with van der Waals surface area (Å²) in [5.41, 5.74) is -0.999. The Bertz CT molecular complexity index is 1250. The molecule has 2 atom stereocenters. The predicted octanol–water partition coefficient (Wildman–Crippen LogP) is 4.24. The lowest BCUT2D eigenvalue weighted by Crippen LogP contribution is -2.49. The number of rotatable bonds is 10. The molecule has 0 radical (unpaired) electrons. The lowest BCUT2D eigenvalue weighted by Gasteiger charge is -2.24. The first kappa shape index (κ1) is 24.3. The van der Waals surface area contributed by atoms with E-state index in [0.29, 0.717) is 16.5 Å². The van der Waals surface area contributed by atoms with Crippen LogP contribution in [-0.4, -0.2) is 48.3 Å². The third-order valence-electron chi connectivity index (χ3n) is 5.82. The van der Waals surface area contributed by atoms with E-state index >= 15 is 0 Å². The maximum absolute atomic E-state index is 13.3. The van der Waals surface area contributed by atoms with Crippen LogP contribution in [0.15, 0.2) is 70.9 Å². The van der Waals surface area contributed by atoms with Gasteiger partial charge in [-0.1, -0.05) is 54.1 Å². The second-order valence-corrected chi connectivity index (χ2v) is 12.4. The molecule has 0 saturated heterocycles. The molecule has 0 aliphatic heterocycles. The van der Waals surface area contributed by atoms with Crippen LogP contribution < -0.4 is 4.72 Å². The van der Waals surface area contributed by atoms with Crippen molar-refractivity contribution in [2.45, 2.75) is 21.6 Å². The van der Waals surface area contributed by atoms with Crippen molar-refractivity contribution >= 4 is 50.7 Å². The predicted molar refractivity (Wildman–Crippen MR) is 133 cm³/mol. The first-order valence-electron chi connectivity index (χ1n) is 10.1. The number of halogens is 1. The number of thioether (sulfide) groups is 1. The lowest BCUT2D eigenvalue weighted by molar-refractivity contribution is -0.140. The smallest absolute Gasteiger partial charge is 0.325 e. The van der Waals surface area contributed by atoms with Crippen molar-refractivity contribution in [2.24, 2.45) is 0 Å². The Balaban J connectivity index is 1.66. The van der Waals surface area contributed by atoms with Crippen molar-refractivity contribution in [3.05, 3.63) is 77.3 Å². The van der Waals surface area contributed by atoms with E-state index in [4.69, 9.17) is 11.6 Å². The summed E-state index contributed by atoms with van der Waals surface area (Å²) >= 11 is 8.41. The van der Waals surface area contributed by atoms with Crippen molar-refractivity contribution in [2.75, 3.05) is 18.1 Å². The maximum Gasteiger partial charge on any atom is 0.325 e. The molecule has 1 saturated carbocycles. The highest BCUT2D eigenvalue weighted by atomic mass is 35.5. The minimum atomic E-state index is -4.10. The van der Waals surface area contributed by atoms with Crippen molar-refractivity contribution in [1.82, 2.24) is 4.72 Å². The Kier molecular flexibility index (Phi) is 6.91.